The Kier molecular flexibility index (Phi) is 5.74. The van der Waals surface area contributed by atoms with E-state index in [4.69, 9.17) is 4.74 Å². The van der Waals surface area contributed by atoms with E-state index in [0.717, 1.165) is 44.5 Å². The van der Waals surface area contributed by atoms with Crippen LogP contribution in [-0.4, -0.2) is 43.0 Å². The van der Waals surface area contributed by atoms with Gasteiger partial charge in [-0.25, -0.2) is 0 Å². The van der Waals surface area contributed by atoms with Gasteiger partial charge in [-0.15, -0.1) is 0 Å². The smallest absolute Gasteiger partial charge is 0.176 e. The first kappa shape index (κ1) is 15.2. The predicted molar refractivity (Wildman–Crippen MR) is 81.2 cm³/mol. The molecule has 0 aliphatic carbocycles. The molecule has 110 valence electrons. The number of rotatable bonds is 5. The van der Waals surface area contributed by atoms with Gasteiger partial charge in [-0.1, -0.05) is 37.6 Å². The zero-order valence-corrected chi connectivity index (χ0v) is 12.6. The molecule has 1 saturated heterocycles. The van der Waals surface area contributed by atoms with Gasteiger partial charge in [0.1, 0.15) is 0 Å². The summed E-state index contributed by atoms with van der Waals surface area (Å²) in [6.45, 7) is 7.34. The van der Waals surface area contributed by atoms with Crippen LogP contribution < -0.4 is 0 Å². The zero-order chi connectivity index (χ0) is 14.4. The fraction of sp³-hybridized carbons (Fsp3) is 0.588. The van der Waals surface area contributed by atoms with Gasteiger partial charge in [-0.3, -0.25) is 9.69 Å². The van der Waals surface area contributed by atoms with E-state index in [1.54, 1.807) is 0 Å². The molecule has 2 rings (SSSR count). The molecule has 0 aromatic heterocycles. The molecule has 1 aliphatic rings. The van der Waals surface area contributed by atoms with Crippen LogP contribution in [0, 0.1) is 0 Å². The Morgan fingerprint density at radius 3 is 2.80 bits per heavy atom. The lowest BCUT2D eigenvalue weighted by atomic mass is 10.0. The molecule has 1 aromatic rings. The molecule has 3 heteroatoms. The van der Waals surface area contributed by atoms with Crippen LogP contribution in [0.1, 0.15) is 42.6 Å². The van der Waals surface area contributed by atoms with Crippen molar-refractivity contribution < 1.29 is 9.53 Å². The number of nitrogens with zero attached hydrogens (tertiary/aromatic N) is 1. The summed E-state index contributed by atoms with van der Waals surface area (Å²) in [5, 5.41) is 0. The van der Waals surface area contributed by atoms with Crippen LogP contribution in [-0.2, 0) is 11.2 Å². The normalized spacial score (nSPS) is 20.6. The molecule has 0 bridgehead atoms. The van der Waals surface area contributed by atoms with E-state index >= 15 is 0 Å². The molecule has 20 heavy (non-hydrogen) atoms. The highest BCUT2D eigenvalue weighted by atomic mass is 16.5. The third kappa shape index (κ3) is 4.43. The van der Waals surface area contributed by atoms with Crippen molar-refractivity contribution in [3.8, 4) is 0 Å². The summed E-state index contributed by atoms with van der Waals surface area (Å²) >= 11 is 0. The highest BCUT2D eigenvalue weighted by Gasteiger charge is 2.18. The quantitative estimate of drug-likeness (QED) is 0.774. The standard InChI is InChI=1S/C17H25NO2/c1-3-5-15-6-8-16(9-7-15)17(19)13-18-10-4-11-20-14(2)12-18/h6-9,14H,3-5,10-13H2,1-2H3. The van der Waals surface area contributed by atoms with Crippen LogP contribution in [0.15, 0.2) is 24.3 Å². The second-order valence-electron chi connectivity index (χ2n) is 5.64. The lowest BCUT2D eigenvalue weighted by Gasteiger charge is -2.20. The number of Topliss-reactive ketones (excluding diaryl/α,β-unsaturated/α-hetero) is 1. The maximum Gasteiger partial charge on any atom is 0.176 e. The van der Waals surface area contributed by atoms with Crippen molar-refractivity contribution in [2.75, 3.05) is 26.2 Å². The number of hydrogen-bond donors (Lipinski definition) is 0. The van der Waals surface area contributed by atoms with Crippen LogP contribution >= 0.6 is 0 Å². The molecule has 0 amide bonds. The molecule has 3 nitrogen and oxygen atoms in total. The third-order valence-corrected chi connectivity index (χ3v) is 3.72. The topological polar surface area (TPSA) is 29.5 Å². The molecule has 1 fully saturated rings. The van der Waals surface area contributed by atoms with Gasteiger partial charge in [0.05, 0.1) is 12.6 Å². The Labute approximate surface area is 121 Å². The average molecular weight is 275 g/mol. The van der Waals surface area contributed by atoms with E-state index in [1.807, 2.05) is 12.1 Å². The summed E-state index contributed by atoms with van der Waals surface area (Å²) in [4.78, 5) is 14.5. The maximum absolute atomic E-state index is 12.3. The molecule has 1 unspecified atom stereocenters. The molecule has 0 spiro atoms. The van der Waals surface area contributed by atoms with Crippen LogP contribution in [0.3, 0.4) is 0 Å². The summed E-state index contributed by atoms with van der Waals surface area (Å²) in [5.74, 6) is 0.210. The van der Waals surface area contributed by atoms with E-state index in [2.05, 4.69) is 30.9 Å². The maximum atomic E-state index is 12.3. The van der Waals surface area contributed by atoms with Gasteiger partial charge in [0.15, 0.2) is 5.78 Å². The Morgan fingerprint density at radius 1 is 1.35 bits per heavy atom. The van der Waals surface area contributed by atoms with E-state index in [-0.39, 0.29) is 11.9 Å². The molecular weight excluding hydrogens is 250 g/mol. The molecule has 0 N–H and O–H groups in total. The SMILES string of the molecule is CCCc1ccc(C(=O)CN2CCCOC(C)C2)cc1. The van der Waals surface area contributed by atoms with Gasteiger partial charge in [-0.2, -0.15) is 0 Å². The number of carbonyl (C=O) groups is 1. The number of benzene rings is 1. The lowest BCUT2D eigenvalue weighted by Crippen LogP contribution is -2.34. The fourth-order valence-corrected chi connectivity index (χ4v) is 2.66. The number of hydrogen-bond acceptors (Lipinski definition) is 3. The van der Waals surface area contributed by atoms with Gasteiger partial charge in [-0.05, 0) is 25.3 Å². The van der Waals surface area contributed by atoms with Crippen molar-refractivity contribution in [3.05, 3.63) is 35.4 Å². The van der Waals surface area contributed by atoms with E-state index in [9.17, 15) is 4.79 Å². The van der Waals surface area contributed by atoms with Gasteiger partial charge in [0.2, 0.25) is 0 Å². The number of ether oxygens (including phenoxy) is 1. The number of ketones is 1. The van der Waals surface area contributed by atoms with Crippen molar-refractivity contribution in [1.29, 1.82) is 0 Å². The van der Waals surface area contributed by atoms with Gasteiger partial charge < -0.3 is 4.74 Å². The molecule has 1 aliphatic heterocycles. The minimum absolute atomic E-state index is 0.210. The molecule has 0 saturated carbocycles. The summed E-state index contributed by atoms with van der Waals surface area (Å²) in [6, 6.07) is 8.08. The van der Waals surface area contributed by atoms with Crippen molar-refractivity contribution in [2.45, 2.75) is 39.2 Å². The summed E-state index contributed by atoms with van der Waals surface area (Å²) in [7, 11) is 0. The van der Waals surface area contributed by atoms with Gasteiger partial charge >= 0.3 is 0 Å². The second kappa shape index (κ2) is 7.55. The Hall–Kier alpha value is -1.19. The fourth-order valence-electron chi connectivity index (χ4n) is 2.66. The van der Waals surface area contributed by atoms with E-state index < -0.39 is 0 Å². The highest BCUT2D eigenvalue weighted by molar-refractivity contribution is 5.97. The largest absolute Gasteiger partial charge is 0.377 e. The van der Waals surface area contributed by atoms with Crippen molar-refractivity contribution in [3.63, 3.8) is 0 Å². The van der Waals surface area contributed by atoms with E-state index in [0.29, 0.717) is 6.54 Å². The Morgan fingerprint density at radius 2 is 2.10 bits per heavy atom. The number of carbonyl (C=O) groups excluding carboxylic acids is 1. The molecule has 1 aromatic carbocycles. The Balaban J connectivity index is 1.93. The van der Waals surface area contributed by atoms with Crippen LogP contribution in [0.4, 0.5) is 0 Å². The number of aryl methyl sites for hydroxylation is 1. The minimum Gasteiger partial charge on any atom is -0.377 e. The zero-order valence-electron chi connectivity index (χ0n) is 12.6. The Bertz CT molecular complexity index is 427. The summed E-state index contributed by atoms with van der Waals surface area (Å²) in [6.07, 6.45) is 3.44. The van der Waals surface area contributed by atoms with Crippen molar-refractivity contribution >= 4 is 5.78 Å². The van der Waals surface area contributed by atoms with Crippen LogP contribution in [0.25, 0.3) is 0 Å². The second-order valence-corrected chi connectivity index (χ2v) is 5.64. The van der Waals surface area contributed by atoms with Gasteiger partial charge in [0.25, 0.3) is 0 Å². The molecule has 1 atom stereocenters. The van der Waals surface area contributed by atoms with Crippen molar-refractivity contribution in [2.24, 2.45) is 0 Å². The minimum atomic E-state index is 0.210. The summed E-state index contributed by atoms with van der Waals surface area (Å²) in [5.41, 5.74) is 2.13. The molecular formula is C17H25NO2. The molecule has 0 radical (unpaired) electrons. The first-order chi connectivity index (χ1) is 9.69. The van der Waals surface area contributed by atoms with Gasteiger partial charge in [0, 0.05) is 25.3 Å². The summed E-state index contributed by atoms with van der Waals surface area (Å²) < 4.78 is 5.61. The van der Waals surface area contributed by atoms with Crippen molar-refractivity contribution in [1.82, 2.24) is 4.90 Å². The van der Waals surface area contributed by atoms with E-state index in [1.165, 1.54) is 5.56 Å². The average Bonchev–Trinajstić information content (AvgIpc) is 2.64. The van der Waals surface area contributed by atoms with Crippen LogP contribution in [0.2, 0.25) is 0 Å². The lowest BCUT2D eigenvalue weighted by molar-refractivity contribution is 0.0657. The first-order valence-electron chi connectivity index (χ1n) is 7.65. The highest BCUT2D eigenvalue weighted by Crippen LogP contribution is 2.10. The monoisotopic (exact) mass is 275 g/mol. The third-order valence-electron chi connectivity index (χ3n) is 3.72. The molecule has 1 heterocycles. The predicted octanol–water partition coefficient (Wildman–Crippen LogP) is 2.93. The first-order valence-corrected chi connectivity index (χ1v) is 7.65. The van der Waals surface area contributed by atoms with Crippen LogP contribution in [0.5, 0.6) is 0 Å².